The average Bonchev–Trinajstić information content (AvgIpc) is 2.25. The fraction of sp³-hybridized carbons (Fsp3) is 0.200. The van der Waals surface area contributed by atoms with Gasteiger partial charge in [-0.1, -0.05) is 12.1 Å². The number of hydrogen-bond acceptors (Lipinski definition) is 2. The maximum atomic E-state index is 5.23. The first kappa shape index (κ1) is 11.0. The molecule has 0 bridgehead atoms. The fourth-order valence-electron chi connectivity index (χ4n) is 1.15. The Morgan fingerprint density at radius 1 is 1.33 bits per heavy atom. The number of nitrogens with one attached hydrogen (secondary N) is 1. The zero-order valence-electron chi connectivity index (χ0n) is 8.82. The molecule has 0 aliphatic rings. The molecule has 0 aliphatic heterocycles. The minimum atomic E-state index is 0.0595. The van der Waals surface area contributed by atoms with Crippen LogP contribution in [0.3, 0.4) is 0 Å². The molecule has 0 aliphatic carbocycles. The maximum Gasteiger partial charge on any atom is 0.362 e. The van der Waals surface area contributed by atoms with Gasteiger partial charge in [0.15, 0.2) is 0 Å². The van der Waals surface area contributed by atoms with E-state index in [0.29, 0.717) is 0 Å². The number of hydrazone groups is 1. The quantitative estimate of drug-likeness (QED) is 0.329. The Kier molecular flexibility index (Phi) is 3.68. The van der Waals surface area contributed by atoms with Gasteiger partial charge in [-0.2, -0.15) is 5.10 Å². The van der Waals surface area contributed by atoms with E-state index in [-0.39, 0.29) is 5.96 Å². The van der Waals surface area contributed by atoms with E-state index in [9.17, 15) is 0 Å². The van der Waals surface area contributed by atoms with E-state index in [1.165, 1.54) is 0 Å². The largest absolute Gasteiger partial charge is 0.496 e. The molecule has 0 fully saturated rings. The molecule has 0 amide bonds. The second-order valence-corrected chi connectivity index (χ2v) is 2.96. The summed E-state index contributed by atoms with van der Waals surface area (Å²) in [5.74, 6) is 0.820. The molecule has 0 unspecified atom stereocenters. The van der Waals surface area contributed by atoms with Crippen molar-refractivity contribution in [2.24, 2.45) is 16.6 Å². The summed E-state index contributed by atoms with van der Waals surface area (Å²) in [5, 5.41) is 6.50. The zero-order valence-corrected chi connectivity index (χ0v) is 8.82. The van der Waals surface area contributed by atoms with Crippen LogP contribution in [0.25, 0.3) is 0 Å². The number of ether oxygens (including phenoxy) is 1. The van der Waals surface area contributed by atoms with Gasteiger partial charge in [0.05, 0.1) is 12.8 Å². The van der Waals surface area contributed by atoms with Crippen LogP contribution in [0.5, 0.6) is 5.75 Å². The summed E-state index contributed by atoms with van der Waals surface area (Å²) >= 11 is 0. The number of methoxy groups -OCH3 is 1. The highest BCUT2D eigenvalue weighted by Gasteiger charge is 2.04. The molecular weight excluding hydrogens is 192 g/mol. The van der Waals surface area contributed by atoms with Crippen LogP contribution in [0.1, 0.15) is 12.5 Å². The van der Waals surface area contributed by atoms with Gasteiger partial charge in [-0.3, -0.25) is 11.5 Å². The monoisotopic (exact) mass is 207 g/mol. The second-order valence-electron chi connectivity index (χ2n) is 2.96. The van der Waals surface area contributed by atoms with Crippen LogP contribution in [-0.4, -0.2) is 18.8 Å². The number of guanidine groups is 1. The number of nitrogens with zero attached hydrogens (tertiary/aromatic N) is 1. The molecule has 0 radical (unpaired) electrons. The van der Waals surface area contributed by atoms with Crippen LogP contribution in [0, 0.1) is 0 Å². The lowest BCUT2D eigenvalue weighted by Gasteiger charge is -2.05. The Balaban J connectivity index is 3.05. The van der Waals surface area contributed by atoms with Crippen molar-refractivity contribution in [3.63, 3.8) is 0 Å². The van der Waals surface area contributed by atoms with E-state index in [1.54, 1.807) is 7.11 Å². The standard InChI is InChI=1S/C10H14N4O/c1-7(13-14-10(11)12)8-5-3-4-6-9(8)15-2/h3-6H,1-2H3,(H4,11,12,14)/p+1/b13-7-. The van der Waals surface area contributed by atoms with Crippen molar-refractivity contribution >= 4 is 11.7 Å². The molecule has 0 saturated carbocycles. The lowest BCUT2D eigenvalue weighted by Crippen LogP contribution is -2.72. The highest BCUT2D eigenvalue weighted by molar-refractivity contribution is 6.00. The van der Waals surface area contributed by atoms with Crippen molar-refractivity contribution in [2.45, 2.75) is 6.92 Å². The molecule has 5 N–H and O–H groups in total. The van der Waals surface area contributed by atoms with Crippen LogP contribution in [0.15, 0.2) is 29.4 Å². The summed E-state index contributed by atoms with van der Waals surface area (Å²) in [4.78, 5) is 0. The average molecular weight is 207 g/mol. The van der Waals surface area contributed by atoms with Crippen LogP contribution < -0.4 is 21.3 Å². The van der Waals surface area contributed by atoms with Gasteiger partial charge in [0.25, 0.3) is 0 Å². The van der Waals surface area contributed by atoms with Crippen molar-refractivity contribution in [1.82, 2.24) is 0 Å². The molecule has 1 rings (SSSR count). The van der Waals surface area contributed by atoms with Crippen molar-refractivity contribution in [1.29, 1.82) is 0 Å². The predicted molar refractivity (Wildman–Crippen MR) is 59.5 cm³/mol. The van der Waals surface area contributed by atoms with Gasteiger partial charge < -0.3 is 4.74 Å². The second kappa shape index (κ2) is 4.99. The number of nitrogens with two attached hydrogens (primary N) is 2. The van der Waals surface area contributed by atoms with Gasteiger partial charge in [-0.25, -0.2) is 0 Å². The Morgan fingerprint density at radius 3 is 2.60 bits per heavy atom. The topological polar surface area (TPSA) is 87.6 Å². The lowest BCUT2D eigenvalue weighted by molar-refractivity contribution is -0.464. The number of benzene rings is 1. The third-order valence-electron chi connectivity index (χ3n) is 1.85. The molecule has 0 aromatic heterocycles. The van der Waals surface area contributed by atoms with Crippen molar-refractivity contribution in [3.05, 3.63) is 29.8 Å². The minimum absolute atomic E-state index is 0.0595. The number of hydrogen-bond donors (Lipinski definition) is 3. The third kappa shape index (κ3) is 2.98. The zero-order chi connectivity index (χ0) is 11.3. The molecule has 0 heterocycles. The first-order valence-corrected chi connectivity index (χ1v) is 4.46. The van der Waals surface area contributed by atoms with Crippen LogP contribution >= 0.6 is 0 Å². The smallest absolute Gasteiger partial charge is 0.362 e. The first-order chi connectivity index (χ1) is 7.15. The van der Waals surface area contributed by atoms with Gasteiger partial charge in [-0.05, 0) is 19.1 Å². The number of rotatable bonds is 3. The van der Waals surface area contributed by atoms with Crippen LogP contribution in [0.4, 0.5) is 0 Å². The summed E-state index contributed by atoms with van der Waals surface area (Å²) in [6.45, 7) is 1.84. The Bertz CT molecular complexity index is 394. The van der Waals surface area contributed by atoms with E-state index < -0.39 is 0 Å². The van der Waals surface area contributed by atoms with E-state index in [0.717, 1.165) is 17.0 Å². The van der Waals surface area contributed by atoms with Gasteiger partial charge in [0.2, 0.25) is 0 Å². The van der Waals surface area contributed by atoms with Gasteiger partial charge in [0.1, 0.15) is 5.75 Å². The van der Waals surface area contributed by atoms with Crippen LogP contribution in [-0.2, 0) is 0 Å². The molecular formula is C10H15N4O+. The molecule has 0 spiro atoms. The van der Waals surface area contributed by atoms with Gasteiger partial charge in [-0.15, -0.1) is 5.10 Å². The van der Waals surface area contributed by atoms with Gasteiger partial charge >= 0.3 is 5.96 Å². The summed E-state index contributed by atoms with van der Waals surface area (Å²) < 4.78 is 5.20. The highest BCUT2D eigenvalue weighted by atomic mass is 16.5. The fourth-order valence-corrected chi connectivity index (χ4v) is 1.15. The molecule has 5 heteroatoms. The molecule has 80 valence electrons. The minimum Gasteiger partial charge on any atom is -0.496 e. The molecule has 0 saturated heterocycles. The summed E-state index contributed by atoms with van der Waals surface area (Å²) in [6.07, 6.45) is 0. The van der Waals surface area contributed by atoms with E-state index in [1.807, 2.05) is 31.2 Å². The molecule has 1 aromatic rings. The molecule has 1 aromatic carbocycles. The lowest BCUT2D eigenvalue weighted by atomic mass is 10.1. The van der Waals surface area contributed by atoms with Crippen LogP contribution in [0.2, 0.25) is 0 Å². The van der Waals surface area contributed by atoms with Crippen molar-refractivity contribution in [2.75, 3.05) is 7.11 Å². The summed E-state index contributed by atoms with van der Waals surface area (Å²) in [5.41, 5.74) is 12.1. The predicted octanol–water partition coefficient (Wildman–Crippen LogP) is -1.23. The Labute approximate surface area is 88.4 Å². The number of para-hydroxylation sites is 1. The van der Waals surface area contributed by atoms with Gasteiger partial charge in [0, 0.05) is 5.56 Å². The molecule has 5 nitrogen and oxygen atoms in total. The van der Waals surface area contributed by atoms with E-state index in [4.69, 9.17) is 16.2 Å². The van der Waals surface area contributed by atoms with E-state index >= 15 is 0 Å². The highest BCUT2D eigenvalue weighted by Crippen LogP contribution is 2.17. The maximum absolute atomic E-state index is 5.23. The van der Waals surface area contributed by atoms with Crippen molar-refractivity contribution in [3.8, 4) is 5.75 Å². The Hall–Kier alpha value is -2.04. The first-order valence-electron chi connectivity index (χ1n) is 4.46. The Morgan fingerprint density at radius 2 is 2.00 bits per heavy atom. The summed E-state index contributed by atoms with van der Waals surface area (Å²) in [7, 11) is 1.61. The molecule has 15 heavy (non-hydrogen) atoms. The third-order valence-corrected chi connectivity index (χ3v) is 1.85. The van der Waals surface area contributed by atoms with Crippen molar-refractivity contribution < 1.29 is 9.84 Å². The van der Waals surface area contributed by atoms with E-state index in [2.05, 4.69) is 10.2 Å². The normalized spacial score (nSPS) is 10.9. The summed E-state index contributed by atoms with van der Waals surface area (Å²) in [6, 6.07) is 7.58. The SMILES string of the molecule is COc1ccccc1/C(C)=N\[NH+]=C(N)N. The molecule has 0 atom stereocenters.